The second-order valence-corrected chi connectivity index (χ2v) is 5.28. The van der Waals surface area contributed by atoms with E-state index in [4.69, 9.17) is 5.26 Å². The van der Waals surface area contributed by atoms with Gasteiger partial charge in [0, 0.05) is 19.1 Å². The van der Waals surface area contributed by atoms with E-state index in [1.165, 1.54) is 24.9 Å². The summed E-state index contributed by atoms with van der Waals surface area (Å²) in [6.45, 7) is 3.35. The highest BCUT2D eigenvalue weighted by atomic mass is 15.2. The van der Waals surface area contributed by atoms with Crippen LogP contribution >= 0.6 is 0 Å². The molecule has 1 aromatic carbocycles. The Bertz CT molecular complexity index is 418. The molecule has 3 heteroatoms. The summed E-state index contributed by atoms with van der Waals surface area (Å²) in [6, 6.07) is 10.7. The van der Waals surface area contributed by atoms with Gasteiger partial charge in [-0.3, -0.25) is 4.90 Å². The first-order chi connectivity index (χ1) is 8.69. The lowest BCUT2D eigenvalue weighted by Crippen LogP contribution is -2.44. The van der Waals surface area contributed by atoms with Crippen LogP contribution in [-0.4, -0.2) is 43.0 Å². The van der Waals surface area contributed by atoms with Crippen molar-refractivity contribution in [3.63, 3.8) is 0 Å². The lowest BCUT2D eigenvalue weighted by atomic mass is 10.0. The van der Waals surface area contributed by atoms with Gasteiger partial charge in [-0.25, -0.2) is 0 Å². The van der Waals surface area contributed by atoms with E-state index in [0.717, 1.165) is 18.7 Å². The van der Waals surface area contributed by atoms with Gasteiger partial charge in [0.1, 0.15) is 0 Å². The van der Waals surface area contributed by atoms with Gasteiger partial charge in [0.15, 0.2) is 0 Å². The van der Waals surface area contributed by atoms with Crippen LogP contribution in [0.3, 0.4) is 0 Å². The van der Waals surface area contributed by atoms with Gasteiger partial charge in [0.2, 0.25) is 0 Å². The third kappa shape index (κ3) is 3.32. The maximum atomic E-state index is 8.78. The fraction of sp³-hybridized carbons (Fsp3) is 0.533. The monoisotopic (exact) mass is 243 g/mol. The number of piperidine rings is 1. The molecule has 0 saturated carbocycles. The Morgan fingerprint density at radius 2 is 2.11 bits per heavy atom. The molecule has 1 atom stereocenters. The van der Waals surface area contributed by atoms with Crippen LogP contribution < -0.4 is 0 Å². The van der Waals surface area contributed by atoms with Gasteiger partial charge >= 0.3 is 0 Å². The Labute approximate surface area is 110 Å². The summed E-state index contributed by atoms with van der Waals surface area (Å²) in [6.07, 6.45) is 2.58. The first-order valence-corrected chi connectivity index (χ1v) is 6.57. The third-order valence-electron chi connectivity index (χ3n) is 3.74. The van der Waals surface area contributed by atoms with Crippen molar-refractivity contribution >= 4 is 0 Å². The molecule has 0 aromatic heterocycles. The largest absolute Gasteiger partial charge is 0.305 e. The Hall–Kier alpha value is -1.37. The van der Waals surface area contributed by atoms with Gasteiger partial charge in [-0.1, -0.05) is 12.1 Å². The van der Waals surface area contributed by atoms with Crippen LogP contribution in [-0.2, 0) is 6.54 Å². The molecular formula is C15H21N3. The number of nitrogens with zero attached hydrogens (tertiary/aromatic N) is 3. The molecule has 1 aromatic rings. The maximum Gasteiger partial charge on any atom is 0.0991 e. The fourth-order valence-corrected chi connectivity index (χ4v) is 2.60. The summed E-state index contributed by atoms with van der Waals surface area (Å²) in [5.41, 5.74) is 2.02. The predicted octanol–water partition coefficient (Wildman–Crippen LogP) is 2.08. The Kier molecular flexibility index (Phi) is 4.35. The fourth-order valence-electron chi connectivity index (χ4n) is 2.60. The van der Waals surface area contributed by atoms with Crippen molar-refractivity contribution in [2.45, 2.75) is 25.4 Å². The molecule has 0 bridgehead atoms. The number of rotatable bonds is 3. The Morgan fingerprint density at radius 1 is 1.39 bits per heavy atom. The molecule has 0 amide bonds. The van der Waals surface area contributed by atoms with Gasteiger partial charge in [0.25, 0.3) is 0 Å². The van der Waals surface area contributed by atoms with Crippen molar-refractivity contribution in [2.24, 2.45) is 0 Å². The molecule has 1 fully saturated rings. The standard InChI is InChI=1S/C15H21N3/c1-17-9-3-4-15(12-17)18(2)11-14-7-5-13(10-16)6-8-14/h5-8,15H,3-4,9,11-12H2,1-2H3. The highest BCUT2D eigenvalue weighted by molar-refractivity contribution is 5.31. The highest BCUT2D eigenvalue weighted by Gasteiger charge is 2.20. The van der Waals surface area contributed by atoms with Crippen molar-refractivity contribution < 1.29 is 0 Å². The van der Waals surface area contributed by atoms with Crippen molar-refractivity contribution in [1.29, 1.82) is 5.26 Å². The number of benzene rings is 1. The van der Waals surface area contributed by atoms with E-state index in [0.29, 0.717) is 6.04 Å². The second kappa shape index (κ2) is 5.99. The Morgan fingerprint density at radius 3 is 2.72 bits per heavy atom. The second-order valence-electron chi connectivity index (χ2n) is 5.28. The Balaban J connectivity index is 1.93. The summed E-state index contributed by atoms with van der Waals surface area (Å²) in [5, 5.41) is 8.78. The van der Waals surface area contributed by atoms with E-state index in [1.54, 1.807) is 0 Å². The molecule has 1 heterocycles. The molecule has 3 nitrogen and oxygen atoms in total. The van der Waals surface area contributed by atoms with Crippen molar-refractivity contribution in [2.75, 3.05) is 27.2 Å². The average molecular weight is 243 g/mol. The first-order valence-electron chi connectivity index (χ1n) is 6.57. The van der Waals surface area contributed by atoms with Gasteiger partial charge in [0.05, 0.1) is 11.6 Å². The van der Waals surface area contributed by atoms with Crippen LogP contribution in [0.1, 0.15) is 24.0 Å². The zero-order valence-electron chi connectivity index (χ0n) is 11.3. The minimum atomic E-state index is 0.652. The van der Waals surface area contributed by atoms with E-state index in [1.807, 2.05) is 12.1 Å². The predicted molar refractivity (Wildman–Crippen MR) is 73.1 cm³/mol. The summed E-state index contributed by atoms with van der Waals surface area (Å²) in [5.74, 6) is 0. The van der Waals surface area contributed by atoms with Gasteiger partial charge < -0.3 is 4.90 Å². The van der Waals surface area contributed by atoms with Crippen molar-refractivity contribution in [1.82, 2.24) is 9.80 Å². The third-order valence-corrected chi connectivity index (χ3v) is 3.74. The zero-order chi connectivity index (χ0) is 13.0. The van der Waals surface area contributed by atoms with Gasteiger partial charge in [-0.05, 0) is 51.2 Å². The minimum Gasteiger partial charge on any atom is -0.305 e. The molecule has 1 aliphatic rings. The van der Waals surface area contributed by atoms with Crippen LogP contribution in [0.25, 0.3) is 0 Å². The molecule has 1 aliphatic heterocycles. The number of hydrogen-bond donors (Lipinski definition) is 0. The molecule has 0 radical (unpaired) electrons. The van der Waals surface area contributed by atoms with Crippen molar-refractivity contribution in [3.8, 4) is 6.07 Å². The number of nitriles is 1. The summed E-state index contributed by atoms with van der Waals surface area (Å²) in [7, 11) is 4.39. The summed E-state index contributed by atoms with van der Waals surface area (Å²) < 4.78 is 0. The topological polar surface area (TPSA) is 30.3 Å². The molecule has 0 N–H and O–H groups in total. The van der Waals surface area contributed by atoms with Gasteiger partial charge in [-0.15, -0.1) is 0 Å². The van der Waals surface area contributed by atoms with Crippen molar-refractivity contribution in [3.05, 3.63) is 35.4 Å². The first kappa shape index (κ1) is 13.1. The highest BCUT2D eigenvalue weighted by Crippen LogP contribution is 2.16. The molecule has 0 aliphatic carbocycles. The van der Waals surface area contributed by atoms with Crippen LogP contribution in [0.15, 0.2) is 24.3 Å². The lowest BCUT2D eigenvalue weighted by molar-refractivity contribution is 0.129. The van der Waals surface area contributed by atoms with E-state index in [9.17, 15) is 0 Å². The number of likely N-dealkylation sites (N-methyl/N-ethyl adjacent to an activating group) is 2. The van der Waals surface area contributed by atoms with E-state index in [-0.39, 0.29) is 0 Å². The van der Waals surface area contributed by atoms with E-state index < -0.39 is 0 Å². The van der Waals surface area contributed by atoms with E-state index in [2.05, 4.69) is 42.1 Å². The molecule has 2 rings (SSSR count). The maximum absolute atomic E-state index is 8.78. The van der Waals surface area contributed by atoms with Crippen LogP contribution in [0.5, 0.6) is 0 Å². The van der Waals surface area contributed by atoms with E-state index >= 15 is 0 Å². The SMILES string of the molecule is CN1CCCC(N(C)Cc2ccc(C#N)cc2)C1. The quantitative estimate of drug-likeness (QED) is 0.814. The number of hydrogen-bond acceptors (Lipinski definition) is 3. The lowest BCUT2D eigenvalue weighted by Gasteiger charge is -2.35. The minimum absolute atomic E-state index is 0.652. The average Bonchev–Trinajstić information content (AvgIpc) is 2.39. The van der Waals surface area contributed by atoms with Crippen LogP contribution in [0.2, 0.25) is 0 Å². The molecule has 1 saturated heterocycles. The van der Waals surface area contributed by atoms with Crippen LogP contribution in [0.4, 0.5) is 0 Å². The number of likely N-dealkylation sites (tertiary alicyclic amines) is 1. The molecule has 0 spiro atoms. The molecule has 96 valence electrons. The smallest absolute Gasteiger partial charge is 0.0991 e. The summed E-state index contributed by atoms with van der Waals surface area (Å²) >= 11 is 0. The van der Waals surface area contributed by atoms with Gasteiger partial charge in [-0.2, -0.15) is 5.26 Å². The zero-order valence-corrected chi connectivity index (χ0v) is 11.3. The summed E-state index contributed by atoms with van der Waals surface area (Å²) in [4.78, 5) is 4.83. The van der Waals surface area contributed by atoms with Crippen LogP contribution in [0, 0.1) is 11.3 Å². The molecule has 1 unspecified atom stereocenters. The molecular weight excluding hydrogens is 222 g/mol. The normalized spacial score (nSPS) is 20.9. The molecule has 18 heavy (non-hydrogen) atoms.